The molecule has 3 aliphatic rings. The summed E-state index contributed by atoms with van der Waals surface area (Å²) in [7, 11) is 0. The summed E-state index contributed by atoms with van der Waals surface area (Å²) in [6, 6.07) is -1.02. The van der Waals surface area contributed by atoms with Gasteiger partial charge in [-0.3, -0.25) is 4.79 Å². The number of nitrogens with one attached hydrogen (secondary N) is 1. The van der Waals surface area contributed by atoms with Crippen LogP contribution in [0.2, 0.25) is 0 Å². The predicted octanol–water partition coefficient (Wildman–Crippen LogP) is 10.5. The molecule has 3 fully saturated rings. The fourth-order valence-electron chi connectivity index (χ4n) is 12.1. The lowest BCUT2D eigenvalue weighted by molar-refractivity contribution is -0.379. The van der Waals surface area contributed by atoms with Gasteiger partial charge < -0.3 is 89.9 Å². The lowest BCUT2D eigenvalue weighted by atomic mass is 9.96. The first-order chi connectivity index (χ1) is 45.3. The molecular formula is C74H131NO18. The molecule has 0 radical (unpaired) electrons. The fraction of sp³-hybridized carbons (Fsp3) is 0.824. The van der Waals surface area contributed by atoms with E-state index in [9.17, 15) is 61.0 Å². The van der Waals surface area contributed by atoms with E-state index in [0.29, 0.717) is 12.8 Å². The van der Waals surface area contributed by atoms with E-state index < -0.39 is 124 Å². The lowest BCUT2D eigenvalue weighted by Gasteiger charge is -2.48. The van der Waals surface area contributed by atoms with Crippen molar-refractivity contribution in [3.05, 3.63) is 72.9 Å². The number of aliphatic hydroxyl groups is 11. The van der Waals surface area contributed by atoms with Gasteiger partial charge in [0.05, 0.1) is 38.6 Å². The van der Waals surface area contributed by atoms with Crippen LogP contribution in [0, 0.1) is 0 Å². The minimum absolute atomic E-state index is 0.180. The van der Waals surface area contributed by atoms with Crippen molar-refractivity contribution in [3.63, 3.8) is 0 Å². The van der Waals surface area contributed by atoms with E-state index in [1.165, 1.54) is 167 Å². The molecule has 0 aromatic rings. The Labute approximate surface area is 559 Å². The van der Waals surface area contributed by atoms with Gasteiger partial charge in [0, 0.05) is 6.42 Å². The zero-order chi connectivity index (χ0) is 67.5. The van der Waals surface area contributed by atoms with Crippen molar-refractivity contribution >= 4 is 5.91 Å². The normalized spacial score (nSPS) is 27.9. The first-order valence-corrected chi connectivity index (χ1v) is 36.7. The minimum atomic E-state index is -1.99. The number of carbonyl (C=O) groups excluding carboxylic acids is 1. The Kier molecular flexibility index (Phi) is 50.1. The molecule has 12 N–H and O–H groups in total. The van der Waals surface area contributed by atoms with Crippen LogP contribution in [0.15, 0.2) is 72.9 Å². The standard InChI is InChI=1S/C74H131NO18/c1-3-5-7-9-11-13-15-17-19-20-21-22-23-24-25-26-27-28-29-30-31-32-33-34-35-36-38-39-41-43-45-47-49-51-58(79)57(75-62(80)52-50-48-46-44-42-40-37-18-16-14-12-10-8-6-4-2)56-88-72-68(86)65(83)70(60(54-77)90-72)93-74-69(87)66(84)71(61(55-78)91-74)92-73-67(85)64(82)63(81)59(53-76)89-73/h6,8,12,14,18,37,41-44,49,51,57-61,63-74,76-79,81-87H,3-5,7,9-11,13,15-17,19-36,38-40,45-48,50,52-56H2,1-2H3,(H,75,80)/b8-6-,14-12-,37-18-,43-41+,44-42-,51-49+. The summed E-state index contributed by atoms with van der Waals surface area (Å²) in [6.45, 7) is 1.57. The second-order valence-corrected chi connectivity index (χ2v) is 26.0. The van der Waals surface area contributed by atoms with Crippen molar-refractivity contribution in [2.24, 2.45) is 0 Å². The number of unbranched alkanes of at least 4 members (excludes halogenated alkanes) is 30. The van der Waals surface area contributed by atoms with Gasteiger partial charge in [0.25, 0.3) is 0 Å². The molecule has 0 bridgehead atoms. The average Bonchev–Trinajstić information content (AvgIpc) is 0.814. The number of amides is 1. The number of hydrogen-bond donors (Lipinski definition) is 12. The molecule has 3 aliphatic heterocycles. The Morgan fingerprint density at radius 1 is 0.398 bits per heavy atom. The molecule has 0 aromatic heterocycles. The molecule has 93 heavy (non-hydrogen) atoms. The maximum atomic E-state index is 13.4. The predicted molar refractivity (Wildman–Crippen MR) is 365 cm³/mol. The third-order valence-corrected chi connectivity index (χ3v) is 18.0. The molecule has 540 valence electrons. The lowest BCUT2D eigenvalue weighted by Crippen LogP contribution is -2.66. The highest BCUT2D eigenvalue weighted by atomic mass is 16.8. The Hall–Kier alpha value is -2.77. The van der Waals surface area contributed by atoms with Crippen LogP contribution >= 0.6 is 0 Å². The van der Waals surface area contributed by atoms with Crippen molar-refractivity contribution in [2.45, 2.75) is 362 Å². The van der Waals surface area contributed by atoms with Crippen LogP contribution in [0.4, 0.5) is 0 Å². The highest BCUT2D eigenvalue weighted by Gasteiger charge is 2.53. The van der Waals surface area contributed by atoms with Gasteiger partial charge >= 0.3 is 0 Å². The van der Waals surface area contributed by atoms with E-state index in [1.807, 2.05) is 6.08 Å². The fourth-order valence-corrected chi connectivity index (χ4v) is 12.1. The van der Waals surface area contributed by atoms with Crippen molar-refractivity contribution in [2.75, 3.05) is 26.4 Å². The van der Waals surface area contributed by atoms with Crippen LogP contribution in [0.3, 0.4) is 0 Å². The van der Waals surface area contributed by atoms with Gasteiger partial charge in [0.1, 0.15) is 73.2 Å². The summed E-state index contributed by atoms with van der Waals surface area (Å²) in [5.41, 5.74) is 0. The number of rotatable bonds is 56. The highest BCUT2D eigenvalue weighted by molar-refractivity contribution is 5.76. The number of hydrogen-bond acceptors (Lipinski definition) is 18. The Morgan fingerprint density at radius 3 is 1.20 bits per heavy atom. The van der Waals surface area contributed by atoms with Crippen LogP contribution in [0.25, 0.3) is 0 Å². The van der Waals surface area contributed by atoms with Crippen molar-refractivity contribution < 1.29 is 89.4 Å². The van der Waals surface area contributed by atoms with Crippen molar-refractivity contribution in [1.82, 2.24) is 5.32 Å². The molecule has 3 heterocycles. The van der Waals surface area contributed by atoms with Gasteiger partial charge in [-0.05, 0) is 70.6 Å². The third-order valence-electron chi connectivity index (χ3n) is 18.0. The molecule has 0 saturated carbocycles. The SMILES string of the molecule is CC/C=C\C/C=C\C/C=C\C/C=C\CCCCC(=O)NC(COC1OC(CO)C(OC2OC(CO)C(OC3OC(CO)C(O)C(O)C3O)C(O)C2O)C(O)C1O)C(O)/C=C/CC/C=C/CCCCCCCCCCCCCCCCCCCCCCCCCCCCC. The molecule has 1 amide bonds. The number of allylic oxidation sites excluding steroid dienone is 11. The van der Waals surface area contributed by atoms with Gasteiger partial charge in [-0.2, -0.15) is 0 Å². The van der Waals surface area contributed by atoms with Gasteiger partial charge in [-0.15, -0.1) is 0 Å². The smallest absolute Gasteiger partial charge is 0.220 e. The Morgan fingerprint density at radius 2 is 0.753 bits per heavy atom. The maximum absolute atomic E-state index is 13.4. The van der Waals surface area contributed by atoms with Crippen LogP contribution in [0.5, 0.6) is 0 Å². The zero-order valence-electron chi connectivity index (χ0n) is 57.2. The van der Waals surface area contributed by atoms with E-state index >= 15 is 0 Å². The topological polar surface area (TPSA) is 307 Å². The largest absolute Gasteiger partial charge is 0.394 e. The summed E-state index contributed by atoms with van der Waals surface area (Å²) >= 11 is 0. The number of ether oxygens (including phenoxy) is 6. The number of carbonyl (C=O) groups is 1. The molecule has 3 saturated heterocycles. The monoisotopic (exact) mass is 1320 g/mol. The summed E-state index contributed by atoms with van der Waals surface area (Å²) < 4.78 is 34.3. The average molecular weight is 1320 g/mol. The van der Waals surface area contributed by atoms with Gasteiger partial charge in [0.2, 0.25) is 5.91 Å². The number of aliphatic hydroxyl groups excluding tert-OH is 11. The Bertz CT molecular complexity index is 1970. The Balaban J connectivity index is 1.39. The summed E-state index contributed by atoms with van der Waals surface area (Å²) in [6.07, 6.45) is 43.5. The molecule has 17 unspecified atom stereocenters. The summed E-state index contributed by atoms with van der Waals surface area (Å²) in [5.74, 6) is -0.326. The van der Waals surface area contributed by atoms with E-state index in [-0.39, 0.29) is 18.9 Å². The molecule has 19 nitrogen and oxygen atoms in total. The van der Waals surface area contributed by atoms with Crippen LogP contribution in [-0.2, 0) is 33.2 Å². The van der Waals surface area contributed by atoms with Crippen molar-refractivity contribution in [1.29, 1.82) is 0 Å². The van der Waals surface area contributed by atoms with Gasteiger partial charge in [-0.25, -0.2) is 0 Å². The van der Waals surface area contributed by atoms with E-state index in [1.54, 1.807) is 6.08 Å². The van der Waals surface area contributed by atoms with E-state index in [0.717, 1.165) is 57.8 Å². The molecule has 0 aromatic carbocycles. The third kappa shape index (κ3) is 36.6. The van der Waals surface area contributed by atoms with E-state index in [4.69, 9.17) is 28.4 Å². The first-order valence-electron chi connectivity index (χ1n) is 36.7. The minimum Gasteiger partial charge on any atom is -0.394 e. The second kappa shape index (κ2) is 55.1. The van der Waals surface area contributed by atoms with Crippen LogP contribution in [-0.4, -0.2) is 193 Å². The zero-order valence-corrected chi connectivity index (χ0v) is 57.2. The summed E-state index contributed by atoms with van der Waals surface area (Å²) in [5, 5.41) is 120. The molecule has 0 aliphatic carbocycles. The second-order valence-electron chi connectivity index (χ2n) is 26.0. The molecular weight excluding hydrogens is 1190 g/mol. The highest BCUT2D eigenvalue weighted by Crippen LogP contribution is 2.33. The first kappa shape index (κ1) is 84.5. The quantitative estimate of drug-likeness (QED) is 0.0199. The van der Waals surface area contributed by atoms with Crippen LogP contribution in [0.1, 0.15) is 258 Å². The molecule has 17 atom stereocenters. The molecule has 19 heteroatoms. The van der Waals surface area contributed by atoms with Gasteiger partial charge in [0.15, 0.2) is 18.9 Å². The van der Waals surface area contributed by atoms with Crippen molar-refractivity contribution in [3.8, 4) is 0 Å². The maximum Gasteiger partial charge on any atom is 0.220 e. The molecule has 0 spiro atoms. The molecule has 3 rings (SSSR count). The van der Waals surface area contributed by atoms with Crippen LogP contribution < -0.4 is 5.32 Å². The van der Waals surface area contributed by atoms with Gasteiger partial charge in [-0.1, -0.05) is 254 Å². The summed E-state index contributed by atoms with van der Waals surface area (Å²) in [4.78, 5) is 13.4. The van der Waals surface area contributed by atoms with E-state index in [2.05, 4.69) is 79.9 Å².